The van der Waals surface area contributed by atoms with E-state index in [1.54, 1.807) is 7.11 Å². The first kappa shape index (κ1) is 13.8. The zero-order valence-corrected chi connectivity index (χ0v) is 11.8. The van der Waals surface area contributed by atoms with Crippen LogP contribution in [0.15, 0.2) is 0 Å². The molecule has 4 nitrogen and oxygen atoms in total. The van der Waals surface area contributed by atoms with Crippen LogP contribution in [0.5, 0.6) is 5.88 Å². The molecule has 0 spiro atoms. The molecule has 0 radical (unpaired) electrons. The van der Waals surface area contributed by atoms with Crippen molar-refractivity contribution in [3.63, 3.8) is 0 Å². The first-order valence-electron chi connectivity index (χ1n) is 6.76. The predicted molar refractivity (Wildman–Crippen MR) is 72.4 cm³/mol. The summed E-state index contributed by atoms with van der Waals surface area (Å²) in [6, 6.07) is 2.26. The Labute approximate surface area is 114 Å². The molecule has 1 aromatic heterocycles. The molecule has 0 saturated carbocycles. The topological polar surface area (TPSA) is 55.1 Å². The van der Waals surface area contributed by atoms with Crippen molar-refractivity contribution in [1.82, 2.24) is 4.98 Å². The monoisotopic (exact) mass is 260 g/mol. The van der Waals surface area contributed by atoms with E-state index in [2.05, 4.69) is 24.9 Å². The lowest BCUT2D eigenvalue weighted by Crippen LogP contribution is -2.11. The van der Waals surface area contributed by atoms with Crippen LogP contribution in [0, 0.1) is 11.3 Å². The second-order valence-electron chi connectivity index (χ2n) is 5.10. The van der Waals surface area contributed by atoms with Gasteiger partial charge in [-0.25, -0.2) is 4.98 Å². The number of methoxy groups -OCH3 is 1. The molecule has 1 aliphatic carbocycles. The highest BCUT2D eigenvalue weighted by Gasteiger charge is 2.25. The van der Waals surface area contributed by atoms with E-state index in [1.165, 1.54) is 5.56 Å². The number of hydrogen-bond acceptors (Lipinski definition) is 4. The summed E-state index contributed by atoms with van der Waals surface area (Å²) >= 11 is 0. The molecule has 0 bridgehead atoms. The Morgan fingerprint density at radius 2 is 2.00 bits per heavy atom. The molecule has 4 heteroatoms. The van der Waals surface area contributed by atoms with Crippen molar-refractivity contribution < 1.29 is 9.47 Å². The maximum absolute atomic E-state index is 9.37. The van der Waals surface area contributed by atoms with Crippen LogP contribution in [0.25, 0.3) is 0 Å². The minimum atomic E-state index is 0.351. The highest BCUT2D eigenvalue weighted by Crippen LogP contribution is 2.35. The SMILES string of the molecule is COCCOc1nc(C(C)C)c2c(c1C#N)CCC2. The van der Waals surface area contributed by atoms with E-state index < -0.39 is 0 Å². The maximum atomic E-state index is 9.37. The highest BCUT2D eigenvalue weighted by atomic mass is 16.5. The molecule has 19 heavy (non-hydrogen) atoms. The minimum Gasteiger partial charge on any atom is -0.474 e. The van der Waals surface area contributed by atoms with Crippen molar-refractivity contribution in [3.05, 3.63) is 22.4 Å². The Morgan fingerprint density at radius 1 is 1.26 bits per heavy atom. The largest absolute Gasteiger partial charge is 0.474 e. The van der Waals surface area contributed by atoms with Gasteiger partial charge in [0.15, 0.2) is 0 Å². The lowest BCUT2D eigenvalue weighted by Gasteiger charge is -2.16. The zero-order chi connectivity index (χ0) is 13.8. The smallest absolute Gasteiger partial charge is 0.232 e. The number of nitrogens with zero attached hydrogens (tertiary/aromatic N) is 2. The standard InChI is InChI=1S/C15H20N2O2/c1-10(2)14-12-6-4-5-11(12)13(9-16)15(17-14)19-8-7-18-3/h10H,4-8H2,1-3H3. The lowest BCUT2D eigenvalue weighted by atomic mass is 9.98. The van der Waals surface area contributed by atoms with Crippen LogP contribution in [0.4, 0.5) is 0 Å². The summed E-state index contributed by atoms with van der Waals surface area (Å²) in [4.78, 5) is 4.59. The van der Waals surface area contributed by atoms with Gasteiger partial charge < -0.3 is 9.47 Å². The molecule has 0 unspecified atom stereocenters. The number of fused-ring (bicyclic) bond motifs is 1. The van der Waals surface area contributed by atoms with E-state index in [-0.39, 0.29) is 0 Å². The third-order valence-electron chi connectivity index (χ3n) is 3.45. The summed E-state index contributed by atoms with van der Waals surface area (Å²) in [7, 11) is 1.63. The van der Waals surface area contributed by atoms with Gasteiger partial charge in [0.1, 0.15) is 18.2 Å². The van der Waals surface area contributed by atoms with Gasteiger partial charge in [-0.15, -0.1) is 0 Å². The van der Waals surface area contributed by atoms with Crippen LogP contribution < -0.4 is 4.74 Å². The van der Waals surface area contributed by atoms with Gasteiger partial charge in [0, 0.05) is 7.11 Å². The fraction of sp³-hybridized carbons (Fsp3) is 0.600. The maximum Gasteiger partial charge on any atom is 0.232 e. The molecule has 0 N–H and O–H groups in total. The molecular formula is C15H20N2O2. The van der Waals surface area contributed by atoms with Gasteiger partial charge in [0.25, 0.3) is 0 Å². The number of rotatable bonds is 5. The minimum absolute atomic E-state index is 0.351. The molecule has 0 aromatic carbocycles. The van der Waals surface area contributed by atoms with Crippen LogP contribution in [0.3, 0.4) is 0 Å². The van der Waals surface area contributed by atoms with Crippen LogP contribution in [0.1, 0.15) is 48.6 Å². The lowest BCUT2D eigenvalue weighted by molar-refractivity contribution is 0.143. The van der Waals surface area contributed by atoms with E-state index in [9.17, 15) is 5.26 Å². The van der Waals surface area contributed by atoms with Crippen LogP contribution in [-0.4, -0.2) is 25.3 Å². The molecular weight excluding hydrogens is 240 g/mol. The Morgan fingerprint density at radius 3 is 2.63 bits per heavy atom. The molecule has 0 amide bonds. The fourth-order valence-electron chi connectivity index (χ4n) is 2.58. The third-order valence-corrected chi connectivity index (χ3v) is 3.45. The molecule has 0 fully saturated rings. The Hall–Kier alpha value is -1.60. The van der Waals surface area contributed by atoms with Crippen molar-refractivity contribution in [3.8, 4) is 11.9 Å². The van der Waals surface area contributed by atoms with E-state index in [4.69, 9.17) is 9.47 Å². The summed E-state index contributed by atoms with van der Waals surface area (Å²) in [5.41, 5.74) is 4.12. The molecule has 1 aliphatic rings. The zero-order valence-electron chi connectivity index (χ0n) is 11.8. The normalized spacial score (nSPS) is 13.4. The summed E-state index contributed by atoms with van der Waals surface area (Å²) < 4.78 is 10.6. The molecule has 102 valence electrons. The average Bonchev–Trinajstić information content (AvgIpc) is 2.86. The second kappa shape index (κ2) is 6.03. The fourth-order valence-corrected chi connectivity index (χ4v) is 2.58. The molecule has 0 saturated heterocycles. The van der Waals surface area contributed by atoms with E-state index in [1.807, 2.05) is 0 Å². The van der Waals surface area contributed by atoms with Gasteiger partial charge in [-0.3, -0.25) is 0 Å². The van der Waals surface area contributed by atoms with Gasteiger partial charge in [-0.1, -0.05) is 13.8 Å². The Kier molecular flexibility index (Phi) is 4.39. The van der Waals surface area contributed by atoms with Gasteiger partial charge in [-0.05, 0) is 36.3 Å². The van der Waals surface area contributed by atoms with Crippen molar-refractivity contribution in [2.75, 3.05) is 20.3 Å². The number of pyridine rings is 1. The van der Waals surface area contributed by atoms with Gasteiger partial charge >= 0.3 is 0 Å². The summed E-state index contributed by atoms with van der Waals surface area (Å²) in [6.45, 7) is 5.19. The summed E-state index contributed by atoms with van der Waals surface area (Å²) in [5.74, 6) is 0.827. The quantitative estimate of drug-likeness (QED) is 0.764. The third kappa shape index (κ3) is 2.71. The second-order valence-corrected chi connectivity index (χ2v) is 5.10. The molecule has 1 heterocycles. The summed E-state index contributed by atoms with van der Waals surface area (Å²) in [5, 5.41) is 9.37. The van der Waals surface area contributed by atoms with Gasteiger partial charge in [0.2, 0.25) is 5.88 Å². The van der Waals surface area contributed by atoms with E-state index in [0.717, 1.165) is 30.5 Å². The first-order valence-corrected chi connectivity index (χ1v) is 6.76. The van der Waals surface area contributed by atoms with Crippen LogP contribution in [-0.2, 0) is 17.6 Å². The molecule has 0 aliphatic heterocycles. The molecule has 0 atom stereocenters. The highest BCUT2D eigenvalue weighted by molar-refractivity contribution is 5.53. The van der Waals surface area contributed by atoms with Gasteiger partial charge in [0.05, 0.1) is 12.3 Å². The predicted octanol–water partition coefficient (Wildman–Crippen LogP) is 2.59. The summed E-state index contributed by atoms with van der Waals surface area (Å²) in [6.07, 6.45) is 3.09. The number of aromatic nitrogens is 1. The first-order chi connectivity index (χ1) is 9.19. The Balaban J connectivity index is 2.42. The van der Waals surface area contributed by atoms with E-state index >= 15 is 0 Å². The Bertz CT molecular complexity index is 504. The van der Waals surface area contributed by atoms with Crippen molar-refractivity contribution in [2.24, 2.45) is 0 Å². The number of nitriles is 1. The van der Waals surface area contributed by atoms with Crippen molar-refractivity contribution in [1.29, 1.82) is 5.26 Å². The average molecular weight is 260 g/mol. The number of ether oxygens (including phenoxy) is 2. The molecule has 1 aromatic rings. The van der Waals surface area contributed by atoms with Gasteiger partial charge in [-0.2, -0.15) is 5.26 Å². The van der Waals surface area contributed by atoms with Crippen molar-refractivity contribution >= 4 is 0 Å². The molecule has 2 rings (SSSR count). The van der Waals surface area contributed by atoms with Crippen molar-refractivity contribution in [2.45, 2.75) is 39.0 Å². The van der Waals surface area contributed by atoms with Crippen LogP contribution >= 0.6 is 0 Å². The number of hydrogen-bond donors (Lipinski definition) is 0. The van der Waals surface area contributed by atoms with E-state index in [0.29, 0.717) is 30.6 Å². The van der Waals surface area contributed by atoms with Crippen LogP contribution in [0.2, 0.25) is 0 Å².